The van der Waals surface area contributed by atoms with Crippen molar-refractivity contribution in [2.75, 3.05) is 0 Å². The third-order valence-electron chi connectivity index (χ3n) is 1.39. The van der Waals surface area contributed by atoms with Crippen molar-refractivity contribution in [2.24, 2.45) is 0 Å². The Kier molecular flexibility index (Phi) is 1.17. The minimum atomic E-state index is 0.966. The van der Waals surface area contributed by atoms with Crippen molar-refractivity contribution in [2.45, 2.75) is 4.90 Å². The Bertz CT molecular complexity index is 320. The molecule has 2 aromatic heterocycles. The molecule has 0 saturated heterocycles. The van der Waals surface area contributed by atoms with Crippen LogP contribution in [0.2, 0.25) is 0 Å². The quantitative estimate of drug-likeness (QED) is 0.565. The van der Waals surface area contributed by atoms with Gasteiger partial charge in [-0.05, 0) is 6.07 Å². The zero-order valence-corrected chi connectivity index (χ0v) is 6.12. The lowest BCUT2D eigenvalue weighted by Crippen LogP contribution is -1.79. The van der Waals surface area contributed by atoms with E-state index in [4.69, 9.17) is 0 Å². The fourth-order valence-corrected chi connectivity index (χ4v) is 1.20. The van der Waals surface area contributed by atoms with Gasteiger partial charge in [-0.2, -0.15) is 0 Å². The predicted molar refractivity (Wildman–Crippen MR) is 42.4 cm³/mol. The van der Waals surface area contributed by atoms with E-state index in [0.717, 1.165) is 10.4 Å². The second-order valence-corrected chi connectivity index (χ2v) is 2.62. The van der Waals surface area contributed by atoms with Crippen LogP contribution in [-0.4, -0.2) is 9.38 Å². The molecule has 0 amide bonds. The lowest BCUT2D eigenvalue weighted by Gasteiger charge is -1.87. The molecule has 0 N–H and O–H groups in total. The second kappa shape index (κ2) is 2.02. The van der Waals surface area contributed by atoms with E-state index in [0.29, 0.717) is 0 Å². The highest BCUT2D eigenvalue weighted by Crippen LogP contribution is 2.10. The average Bonchev–Trinajstić information content (AvgIpc) is 2.27. The Balaban J connectivity index is 2.88. The van der Waals surface area contributed by atoms with Gasteiger partial charge in [0.25, 0.3) is 0 Å². The summed E-state index contributed by atoms with van der Waals surface area (Å²) in [4.78, 5) is 4.94. The van der Waals surface area contributed by atoms with Gasteiger partial charge in [-0.1, -0.05) is 0 Å². The molecule has 0 aromatic carbocycles. The first kappa shape index (κ1) is 5.80. The third-order valence-corrected chi connectivity index (χ3v) is 1.63. The molecular weight excluding hydrogens is 144 g/mol. The molecular formula is C7H6N2S. The van der Waals surface area contributed by atoms with Gasteiger partial charge in [0.05, 0.1) is 11.7 Å². The van der Waals surface area contributed by atoms with E-state index >= 15 is 0 Å². The lowest BCUT2D eigenvalue weighted by molar-refractivity contribution is 1.13. The van der Waals surface area contributed by atoms with Crippen LogP contribution in [0, 0.1) is 0 Å². The van der Waals surface area contributed by atoms with E-state index in [9.17, 15) is 0 Å². The molecule has 0 bridgehead atoms. The third kappa shape index (κ3) is 0.789. The van der Waals surface area contributed by atoms with Crippen LogP contribution < -0.4 is 0 Å². The standard InChI is InChI=1S/C7H6N2S/c10-7-3-6-4-8-1-2-9(6)5-7/h1-5,10H. The zero-order chi connectivity index (χ0) is 6.97. The molecule has 0 aliphatic carbocycles. The number of fused-ring (bicyclic) bond motifs is 1. The van der Waals surface area contributed by atoms with Crippen LogP contribution in [0.25, 0.3) is 5.52 Å². The summed E-state index contributed by atoms with van der Waals surface area (Å²) in [5, 5.41) is 0. The SMILES string of the molecule is Sc1cc2cnccn2c1. The van der Waals surface area contributed by atoms with Crippen LogP contribution in [0.15, 0.2) is 35.7 Å². The van der Waals surface area contributed by atoms with Gasteiger partial charge < -0.3 is 4.40 Å². The summed E-state index contributed by atoms with van der Waals surface area (Å²) >= 11 is 4.19. The van der Waals surface area contributed by atoms with E-state index in [1.165, 1.54) is 0 Å². The molecule has 0 aliphatic rings. The molecule has 0 spiro atoms. The van der Waals surface area contributed by atoms with Crippen LogP contribution in [-0.2, 0) is 0 Å². The maximum absolute atomic E-state index is 4.19. The van der Waals surface area contributed by atoms with E-state index in [1.807, 2.05) is 22.9 Å². The molecule has 3 heteroatoms. The molecule has 0 atom stereocenters. The van der Waals surface area contributed by atoms with E-state index in [2.05, 4.69) is 17.6 Å². The maximum Gasteiger partial charge on any atom is 0.0645 e. The van der Waals surface area contributed by atoms with Crippen LogP contribution in [0.3, 0.4) is 0 Å². The molecule has 2 nitrogen and oxygen atoms in total. The summed E-state index contributed by atoms with van der Waals surface area (Å²) in [6, 6.07) is 1.97. The van der Waals surface area contributed by atoms with Gasteiger partial charge in [-0.3, -0.25) is 4.98 Å². The molecule has 2 heterocycles. The number of hydrogen-bond donors (Lipinski definition) is 1. The van der Waals surface area contributed by atoms with Crippen LogP contribution in [0.1, 0.15) is 0 Å². The van der Waals surface area contributed by atoms with Crippen molar-refractivity contribution in [3.8, 4) is 0 Å². The van der Waals surface area contributed by atoms with Gasteiger partial charge in [-0.25, -0.2) is 0 Å². The fraction of sp³-hybridized carbons (Fsp3) is 0. The molecule has 2 aromatic rings. The number of rotatable bonds is 0. The molecule has 0 fully saturated rings. The highest BCUT2D eigenvalue weighted by atomic mass is 32.1. The molecule has 10 heavy (non-hydrogen) atoms. The summed E-state index contributed by atoms with van der Waals surface area (Å²) in [6.07, 6.45) is 7.40. The highest BCUT2D eigenvalue weighted by molar-refractivity contribution is 7.80. The Morgan fingerprint density at radius 2 is 2.40 bits per heavy atom. The number of aromatic nitrogens is 2. The minimum Gasteiger partial charge on any atom is -0.320 e. The zero-order valence-electron chi connectivity index (χ0n) is 5.23. The van der Waals surface area contributed by atoms with Crippen molar-refractivity contribution < 1.29 is 0 Å². The minimum absolute atomic E-state index is 0.966. The summed E-state index contributed by atoms with van der Waals surface area (Å²) in [6.45, 7) is 0. The normalized spacial score (nSPS) is 10.5. The van der Waals surface area contributed by atoms with Gasteiger partial charge in [0.2, 0.25) is 0 Å². The molecule has 0 saturated carbocycles. The summed E-state index contributed by atoms with van der Waals surface area (Å²) < 4.78 is 1.98. The first-order valence-corrected chi connectivity index (χ1v) is 3.42. The molecule has 0 unspecified atom stereocenters. The topological polar surface area (TPSA) is 17.3 Å². The molecule has 0 aliphatic heterocycles. The van der Waals surface area contributed by atoms with Crippen LogP contribution in [0.4, 0.5) is 0 Å². The largest absolute Gasteiger partial charge is 0.320 e. The lowest BCUT2D eigenvalue weighted by atomic mass is 10.5. The van der Waals surface area contributed by atoms with Crippen molar-refractivity contribution in [1.82, 2.24) is 9.38 Å². The second-order valence-electron chi connectivity index (χ2n) is 2.11. The Morgan fingerprint density at radius 3 is 3.20 bits per heavy atom. The maximum atomic E-state index is 4.19. The number of thiol groups is 1. The Hall–Kier alpha value is -0.960. The predicted octanol–water partition coefficient (Wildman–Crippen LogP) is 1.62. The smallest absolute Gasteiger partial charge is 0.0645 e. The van der Waals surface area contributed by atoms with Crippen LogP contribution in [0.5, 0.6) is 0 Å². The summed E-state index contributed by atoms with van der Waals surface area (Å²) in [5.74, 6) is 0. The number of hydrogen-bond acceptors (Lipinski definition) is 2. The van der Waals surface area contributed by atoms with Crippen molar-refractivity contribution in [1.29, 1.82) is 0 Å². The van der Waals surface area contributed by atoms with Crippen LogP contribution >= 0.6 is 12.6 Å². The first-order chi connectivity index (χ1) is 4.86. The van der Waals surface area contributed by atoms with Gasteiger partial charge in [0, 0.05) is 23.5 Å². The first-order valence-electron chi connectivity index (χ1n) is 2.97. The van der Waals surface area contributed by atoms with Crippen molar-refractivity contribution in [3.63, 3.8) is 0 Å². The average molecular weight is 150 g/mol. The van der Waals surface area contributed by atoms with Gasteiger partial charge >= 0.3 is 0 Å². The van der Waals surface area contributed by atoms with Gasteiger partial charge in [0.1, 0.15) is 0 Å². The molecule has 2 rings (SSSR count). The van der Waals surface area contributed by atoms with Gasteiger partial charge in [0.15, 0.2) is 0 Å². The highest BCUT2D eigenvalue weighted by Gasteiger charge is 1.92. The Labute approximate surface area is 63.9 Å². The fourth-order valence-electron chi connectivity index (χ4n) is 0.943. The Morgan fingerprint density at radius 1 is 1.50 bits per heavy atom. The summed E-state index contributed by atoms with van der Waals surface area (Å²) in [7, 11) is 0. The molecule has 0 radical (unpaired) electrons. The van der Waals surface area contributed by atoms with E-state index in [-0.39, 0.29) is 0 Å². The monoisotopic (exact) mass is 150 g/mol. The summed E-state index contributed by atoms with van der Waals surface area (Å²) in [5.41, 5.74) is 1.08. The molecule has 50 valence electrons. The van der Waals surface area contributed by atoms with E-state index in [1.54, 1.807) is 12.4 Å². The number of nitrogens with zero attached hydrogens (tertiary/aromatic N) is 2. The van der Waals surface area contributed by atoms with Crippen molar-refractivity contribution in [3.05, 3.63) is 30.9 Å². The van der Waals surface area contributed by atoms with Gasteiger partial charge in [-0.15, -0.1) is 12.6 Å². The van der Waals surface area contributed by atoms with Crippen molar-refractivity contribution >= 4 is 18.1 Å². The van der Waals surface area contributed by atoms with E-state index < -0.39 is 0 Å².